The summed E-state index contributed by atoms with van der Waals surface area (Å²) in [4.78, 5) is 0. The summed E-state index contributed by atoms with van der Waals surface area (Å²) in [5, 5.41) is 2.11. The van der Waals surface area contributed by atoms with Crippen LogP contribution in [-0.4, -0.2) is 8.42 Å². The molecule has 2 aromatic carbocycles. The molecule has 0 fully saturated rings. The molecule has 1 heterocycles. The Kier molecular flexibility index (Phi) is 2.61. The van der Waals surface area contributed by atoms with Gasteiger partial charge >= 0.3 is 0 Å². The van der Waals surface area contributed by atoms with Gasteiger partial charge in [-0.2, -0.15) is 0 Å². The summed E-state index contributed by atoms with van der Waals surface area (Å²) >= 11 is 6.59. The van der Waals surface area contributed by atoms with Crippen molar-refractivity contribution in [2.75, 3.05) is 0 Å². The molecule has 5 heteroatoms. The molecule has 1 aliphatic heterocycles. The third-order valence-electron chi connectivity index (χ3n) is 3.04. The Balaban J connectivity index is 2.52. The van der Waals surface area contributed by atoms with Crippen molar-refractivity contribution in [1.82, 2.24) is 0 Å². The number of benzene rings is 2. The first kappa shape index (κ1) is 11.7. The highest BCUT2D eigenvalue weighted by atomic mass is 79.9. The molecule has 0 spiro atoms. The smallest absolute Gasteiger partial charge is 0.184 e. The highest BCUT2D eigenvalue weighted by Crippen LogP contribution is 2.50. The maximum Gasteiger partial charge on any atom is 0.184 e. The van der Waals surface area contributed by atoms with E-state index in [1.165, 1.54) is 0 Å². The van der Waals surface area contributed by atoms with Gasteiger partial charge in [-0.25, -0.2) is 8.42 Å². The zero-order chi connectivity index (χ0) is 12.2. The third-order valence-corrected chi connectivity index (χ3v) is 8.81. The topological polar surface area (TPSA) is 34.1 Å². The molecule has 0 N–H and O–H groups in total. The maximum absolute atomic E-state index is 12.2. The number of rotatable bonds is 0. The summed E-state index contributed by atoms with van der Waals surface area (Å²) in [5.74, 6) is 0. The van der Waals surface area contributed by atoms with Crippen molar-refractivity contribution >= 4 is 52.5 Å². The molecule has 1 aliphatic rings. The first-order chi connectivity index (χ1) is 8.03. The van der Waals surface area contributed by atoms with Crippen molar-refractivity contribution < 1.29 is 8.42 Å². The summed E-state index contributed by atoms with van der Waals surface area (Å²) in [7, 11) is -3.27. The van der Waals surface area contributed by atoms with Crippen LogP contribution in [0.15, 0.2) is 36.4 Å². The van der Waals surface area contributed by atoms with Crippen molar-refractivity contribution in [3.63, 3.8) is 0 Å². The van der Waals surface area contributed by atoms with Crippen LogP contribution in [-0.2, 0) is 9.84 Å². The molecular weight excluding hydrogens is 368 g/mol. The average molecular weight is 376 g/mol. The Morgan fingerprint density at radius 1 is 0.882 bits per heavy atom. The Labute approximate surface area is 116 Å². The van der Waals surface area contributed by atoms with Gasteiger partial charge in [0.2, 0.25) is 0 Å². The van der Waals surface area contributed by atoms with Crippen molar-refractivity contribution in [3.8, 4) is 0 Å². The van der Waals surface area contributed by atoms with E-state index in [1.807, 2.05) is 36.4 Å². The molecule has 2 aromatic rings. The minimum atomic E-state index is -3.27. The van der Waals surface area contributed by atoms with Crippen LogP contribution in [0.25, 0.3) is 10.8 Å². The summed E-state index contributed by atoms with van der Waals surface area (Å²) in [6.45, 7) is 0. The van der Waals surface area contributed by atoms with Crippen molar-refractivity contribution in [3.05, 3.63) is 47.5 Å². The Hall–Kier alpha value is -0.390. The number of sulfone groups is 1. The maximum atomic E-state index is 12.2. The highest BCUT2D eigenvalue weighted by molar-refractivity contribution is 9.12. The van der Waals surface area contributed by atoms with Crippen LogP contribution in [0.5, 0.6) is 0 Å². The van der Waals surface area contributed by atoms with Crippen molar-refractivity contribution in [1.29, 1.82) is 0 Å². The van der Waals surface area contributed by atoms with Gasteiger partial charge in [0, 0.05) is 0 Å². The van der Waals surface area contributed by atoms with E-state index in [-0.39, 0.29) is 0 Å². The lowest BCUT2D eigenvalue weighted by molar-refractivity contribution is 0.593. The zero-order valence-electron chi connectivity index (χ0n) is 8.60. The van der Waals surface area contributed by atoms with Crippen LogP contribution in [0.2, 0.25) is 0 Å². The fraction of sp³-hybridized carbons (Fsp3) is 0.167. The molecule has 0 radical (unpaired) electrons. The lowest BCUT2D eigenvalue weighted by atomic mass is 10.0. The number of hydrogen-bond acceptors (Lipinski definition) is 2. The van der Waals surface area contributed by atoms with Gasteiger partial charge in [-0.1, -0.05) is 68.3 Å². The fourth-order valence-electron chi connectivity index (χ4n) is 2.24. The van der Waals surface area contributed by atoms with E-state index in [9.17, 15) is 8.42 Å². The number of hydrogen-bond donors (Lipinski definition) is 0. The normalized spacial score (nSPS) is 26.0. The van der Waals surface area contributed by atoms with E-state index in [1.54, 1.807) is 0 Å². The highest BCUT2D eigenvalue weighted by Gasteiger charge is 2.39. The first-order valence-electron chi connectivity index (χ1n) is 5.06. The van der Waals surface area contributed by atoms with Gasteiger partial charge in [0.15, 0.2) is 9.84 Å². The quantitative estimate of drug-likeness (QED) is 0.651. The molecule has 17 heavy (non-hydrogen) atoms. The molecule has 0 aromatic heterocycles. The monoisotopic (exact) mass is 374 g/mol. The lowest BCUT2D eigenvalue weighted by Gasteiger charge is -2.26. The van der Waals surface area contributed by atoms with Gasteiger partial charge in [0.25, 0.3) is 0 Å². The minimum Gasteiger partial charge on any atom is -0.226 e. The van der Waals surface area contributed by atoms with Gasteiger partial charge in [-0.3, -0.25) is 0 Å². The van der Waals surface area contributed by atoms with E-state index in [2.05, 4.69) is 31.9 Å². The van der Waals surface area contributed by atoms with Crippen LogP contribution in [0.4, 0.5) is 0 Å². The fourth-order valence-corrected chi connectivity index (χ4v) is 6.47. The summed E-state index contributed by atoms with van der Waals surface area (Å²) in [5.41, 5.74) is 1.66. The Bertz CT molecular complexity index is 659. The van der Waals surface area contributed by atoms with Crippen LogP contribution < -0.4 is 0 Å². The average Bonchev–Trinajstić information content (AvgIpc) is 2.34. The largest absolute Gasteiger partial charge is 0.226 e. The van der Waals surface area contributed by atoms with Gasteiger partial charge in [0.05, 0.1) is 0 Å². The van der Waals surface area contributed by atoms with E-state index in [4.69, 9.17) is 0 Å². The van der Waals surface area contributed by atoms with Crippen LogP contribution in [0.3, 0.4) is 0 Å². The SMILES string of the molecule is O=S1(=O)C(Br)c2cccc3cccc(c23)C1Br. The molecule has 2 nitrogen and oxygen atoms in total. The molecule has 0 aliphatic carbocycles. The summed E-state index contributed by atoms with van der Waals surface area (Å²) in [6, 6.07) is 11.5. The molecule has 88 valence electrons. The van der Waals surface area contributed by atoms with Gasteiger partial charge in [-0.15, -0.1) is 0 Å². The molecule has 0 saturated carbocycles. The second kappa shape index (κ2) is 3.80. The van der Waals surface area contributed by atoms with Crippen LogP contribution >= 0.6 is 31.9 Å². The molecule has 2 atom stereocenters. The summed E-state index contributed by atoms with van der Waals surface area (Å²) < 4.78 is 23.2. The molecular formula is C12H8Br2O2S. The Morgan fingerprint density at radius 2 is 1.35 bits per heavy atom. The number of halogens is 2. The lowest BCUT2D eigenvalue weighted by Crippen LogP contribution is -2.18. The van der Waals surface area contributed by atoms with E-state index in [0.29, 0.717) is 0 Å². The molecule has 2 unspecified atom stereocenters. The predicted molar refractivity (Wildman–Crippen MR) is 76.2 cm³/mol. The molecule has 0 amide bonds. The molecule has 0 bridgehead atoms. The van der Waals surface area contributed by atoms with E-state index in [0.717, 1.165) is 21.9 Å². The standard InChI is InChI=1S/C12H8Br2O2S/c13-11-8-5-1-3-7-4-2-6-9(10(7)8)12(14)17(11,15)16/h1-6,11-12H. The van der Waals surface area contributed by atoms with Gasteiger partial charge in [0.1, 0.15) is 8.32 Å². The third kappa shape index (κ3) is 1.52. The van der Waals surface area contributed by atoms with E-state index >= 15 is 0 Å². The summed E-state index contributed by atoms with van der Waals surface area (Å²) in [6.07, 6.45) is 0. The van der Waals surface area contributed by atoms with Gasteiger partial charge < -0.3 is 0 Å². The van der Waals surface area contributed by atoms with Crippen molar-refractivity contribution in [2.24, 2.45) is 0 Å². The zero-order valence-corrected chi connectivity index (χ0v) is 12.6. The molecule has 3 rings (SSSR count). The second-order valence-corrected chi connectivity index (χ2v) is 9.18. The predicted octanol–water partition coefficient (Wildman–Crippen LogP) is 4.06. The van der Waals surface area contributed by atoms with Crippen LogP contribution in [0.1, 0.15) is 19.4 Å². The van der Waals surface area contributed by atoms with E-state index < -0.39 is 18.2 Å². The first-order valence-corrected chi connectivity index (χ1v) is 8.50. The van der Waals surface area contributed by atoms with Crippen LogP contribution in [0, 0.1) is 0 Å². The van der Waals surface area contributed by atoms with Gasteiger partial charge in [-0.05, 0) is 21.9 Å². The Morgan fingerprint density at radius 3 is 1.82 bits per heavy atom. The minimum absolute atomic E-state index is 0.641. The molecule has 0 saturated heterocycles. The number of alkyl halides is 2. The van der Waals surface area contributed by atoms with Crippen molar-refractivity contribution in [2.45, 2.75) is 8.32 Å². The second-order valence-electron chi connectivity index (χ2n) is 4.01.